The van der Waals surface area contributed by atoms with E-state index in [1.165, 1.54) is 180 Å². The van der Waals surface area contributed by atoms with Gasteiger partial charge in [-0.25, -0.2) is 9.13 Å². The lowest BCUT2D eigenvalue weighted by Crippen LogP contribution is -2.30. The zero-order valence-corrected chi connectivity index (χ0v) is 64.1. The van der Waals surface area contributed by atoms with Gasteiger partial charge >= 0.3 is 39.5 Å². The topological polar surface area (TPSA) is 237 Å². The number of unbranched alkanes of at least 4 members (excludes halogenated alkanes) is 37. The lowest BCUT2D eigenvalue weighted by atomic mass is 9.99. The van der Waals surface area contributed by atoms with E-state index in [4.69, 9.17) is 37.0 Å². The number of hydrogen-bond acceptors (Lipinski definition) is 15. The number of carbonyl (C=O) groups is 4. The first kappa shape index (κ1) is 93.1. The summed E-state index contributed by atoms with van der Waals surface area (Å²) in [7, 11) is -9.91. The Balaban J connectivity index is 5.26. The van der Waals surface area contributed by atoms with E-state index >= 15 is 0 Å². The van der Waals surface area contributed by atoms with Crippen LogP contribution in [0.1, 0.15) is 383 Å². The molecule has 0 spiro atoms. The highest BCUT2D eigenvalue weighted by Gasteiger charge is 2.30. The molecule has 0 aromatic carbocycles. The Hall–Kier alpha value is -1.94. The summed E-state index contributed by atoms with van der Waals surface area (Å²) >= 11 is 0. The summed E-state index contributed by atoms with van der Waals surface area (Å²) in [4.78, 5) is 72.8. The Morgan fingerprint density at radius 1 is 0.295 bits per heavy atom. The molecule has 0 heterocycles. The predicted molar refractivity (Wildman–Crippen MR) is 386 cm³/mol. The Kier molecular flexibility index (Phi) is 64.0. The standard InChI is InChI=1S/C76H148O17P2/c1-9-68(7)54-46-38-30-26-27-33-43-51-59-76(81)93-72(63-87-74(79)57-49-41-35-34-39-47-55-69(8)10-2)65-91-95(84,85)89-61-70(77)60-88-94(82,83)90-64-71(62-86-73(78)56-48-40-31-24-20-17-16-19-23-29-37-45-53-67(5)6)92-75(80)58-50-42-32-25-21-15-13-11-12-14-18-22-28-36-44-52-66(3)4/h66-72,77H,9-65H2,1-8H3,(H,82,83)(H,84,85)/t68?,69?,70-,71-,72-/m1/s1. The van der Waals surface area contributed by atoms with Crippen molar-refractivity contribution in [3.63, 3.8) is 0 Å². The molecule has 7 atom stereocenters. The lowest BCUT2D eigenvalue weighted by Gasteiger charge is -2.21. The van der Waals surface area contributed by atoms with Gasteiger partial charge in [-0.15, -0.1) is 0 Å². The number of phosphoric acid groups is 2. The number of rotatable bonds is 73. The summed E-state index contributed by atoms with van der Waals surface area (Å²) in [5.74, 6) is 0.962. The average molecular weight is 1400 g/mol. The highest BCUT2D eigenvalue weighted by molar-refractivity contribution is 7.47. The highest BCUT2D eigenvalue weighted by Crippen LogP contribution is 2.45. The fourth-order valence-electron chi connectivity index (χ4n) is 11.5. The third-order valence-corrected chi connectivity index (χ3v) is 20.2. The molecule has 564 valence electrons. The summed E-state index contributed by atoms with van der Waals surface area (Å²) < 4.78 is 68.5. The van der Waals surface area contributed by atoms with Gasteiger partial charge in [0.05, 0.1) is 26.4 Å². The number of aliphatic hydroxyl groups is 1. The zero-order valence-electron chi connectivity index (χ0n) is 62.3. The normalized spacial score (nSPS) is 14.7. The fourth-order valence-corrected chi connectivity index (χ4v) is 13.1. The minimum absolute atomic E-state index is 0.104. The zero-order chi connectivity index (χ0) is 70.3. The molecule has 0 fully saturated rings. The molecule has 0 aromatic heterocycles. The molecular formula is C76H148O17P2. The van der Waals surface area contributed by atoms with Crippen LogP contribution in [0.3, 0.4) is 0 Å². The Morgan fingerprint density at radius 2 is 0.505 bits per heavy atom. The van der Waals surface area contributed by atoms with Gasteiger partial charge < -0.3 is 33.8 Å². The van der Waals surface area contributed by atoms with Gasteiger partial charge in [-0.3, -0.25) is 37.3 Å². The molecule has 3 N–H and O–H groups in total. The molecule has 0 radical (unpaired) electrons. The van der Waals surface area contributed by atoms with Crippen LogP contribution in [0, 0.1) is 23.7 Å². The van der Waals surface area contributed by atoms with Crippen molar-refractivity contribution in [1.29, 1.82) is 0 Å². The summed E-state index contributed by atoms with van der Waals surface area (Å²) in [6, 6.07) is 0. The van der Waals surface area contributed by atoms with Crippen molar-refractivity contribution >= 4 is 39.5 Å². The Bertz CT molecular complexity index is 1870. The van der Waals surface area contributed by atoms with E-state index in [2.05, 4.69) is 55.4 Å². The van der Waals surface area contributed by atoms with Gasteiger partial charge in [0.15, 0.2) is 12.2 Å². The molecule has 0 aliphatic heterocycles. The molecule has 19 heteroatoms. The minimum atomic E-state index is -4.96. The van der Waals surface area contributed by atoms with Crippen LogP contribution >= 0.6 is 15.6 Å². The number of ether oxygens (including phenoxy) is 4. The van der Waals surface area contributed by atoms with Crippen LogP contribution in [0.5, 0.6) is 0 Å². The van der Waals surface area contributed by atoms with E-state index in [1.54, 1.807) is 0 Å². The summed E-state index contributed by atoms with van der Waals surface area (Å²) in [5.41, 5.74) is 0. The van der Waals surface area contributed by atoms with Crippen molar-refractivity contribution in [3.8, 4) is 0 Å². The largest absolute Gasteiger partial charge is 0.472 e. The van der Waals surface area contributed by atoms with Crippen molar-refractivity contribution in [2.45, 2.75) is 401 Å². The second-order valence-electron chi connectivity index (χ2n) is 28.8. The van der Waals surface area contributed by atoms with Crippen LogP contribution in [0.25, 0.3) is 0 Å². The molecule has 0 aliphatic rings. The Morgan fingerprint density at radius 3 is 0.747 bits per heavy atom. The van der Waals surface area contributed by atoms with Gasteiger partial charge in [-0.2, -0.15) is 0 Å². The number of esters is 4. The maximum absolute atomic E-state index is 13.1. The molecule has 0 aliphatic carbocycles. The summed E-state index contributed by atoms with van der Waals surface area (Å²) in [5, 5.41) is 10.6. The molecule has 17 nitrogen and oxygen atoms in total. The van der Waals surface area contributed by atoms with Crippen LogP contribution in [0.4, 0.5) is 0 Å². The lowest BCUT2D eigenvalue weighted by molar-refractivity contribution is -0.161. The smallest absolute Gasteiger partial charge is 0.462 e. The number of aliphatic hydroxyl groups excluding tert-OH is 1. The summed E-state index contributed by atoms with van der Waals surface area (Å²) in [6.45, 7) is 14.2. The average Bonchev–Trinajstić information content (AvgIpc) is 2.24. The van der Waals surface area contributed by atoms with Gasteiger partial charge in [0.2, 0.25) is 0 Å². The van der Waals surface area contributed by atoms with Crippen LogP contribution in [-0.4, -0.2) is 96.7 Å². The first-order valence-corrected chi connectivity index (χ1v) is 42.3. The van der Waals surface area contributed by atoms with Gasteiger partial charge in [0.1, 0.15) is 19.3 Å². The highest BCUT2D eigenvalue weighted by atomic mass is 31.2. The van der Waals surface area contributed by atoms with Crippen molar-refractivity contribution in [2.24, 2.45) is 23.7 Å². The molecule has 0 bridgehead atoms. The van der Waals surface area contributed by atoms with Crippen LogP contribution in [0.15, 0.2) is 0 Å². The monoisotopic (exact) mass is 1400 g/mol. The fraction of sp³-hybridized carbons (Fsp3) is 0.947. The van der Waals surface area contributed by atoms with Crippen molar-refractivity contribution < 1.29 is 80.2 Å². The van der Waals surface area contributed by atoms with Gasteiger partial charge in [0.25, 0.3) is 0 Å². The van der Waals surface area contributed by atoms with Crippen molar-refractivity contribution in [1.82, 2.24) is 0 Å². The second-order valence-corrected chi connectivity index (χ2v) is 31.7. The first-order valence-electron chi connectivity index (χ1n) is 39.3. The maximum Gasteiger partial charge on any atom is 0.472 e. The van der Waals surface area contributed by atoms with Crippen LogP contribution < -0.4 is 0 Å². The van der Waals surface area contributed by atoms with E-state index in [9.17, 15) is 43.2 Å². The third-order valence-electron chi connectivity index (χ3n) is 18.3. The first-order chi connectivity index (χ1) is 45.7. The van der Waals surface area contributed by atoms with E-state index in [0.717, 1.165) is 120 Å². The van der Waals surface area contributed by atoms with Gasteiger partial charge in [-0.1, -0.05) is 331 Å². The van der Waals surface area contributed by atoms with E-state index in [-0.39, 0.29) is 25.7 Å². The molecule has 4 unspecified atom stereocenters. The SMILES string of the molecule is CCC(C)CCCCCCCCCCC(=O)O[C@H](COC(=O)CCCCCCCCC(C)CC)COP(=O)(O)OC[C@H](O)COP(=O)(O)OC[C@@H](COC(=O)CCCCCCCCCCCCCCC(C)C)OC(=O)CCCCCCCCCCCCCCCCCC(C)C. The predicted octanol–water partition coefficient (Wildman–Crippen LogP) is 22.0. The minimum Gasteiger partial charge on any atom is -0.462 e. The van der Waals surface area contributed by atoms with Gasteiger partial charge in [-0.05, 0) is 49.4 Å². The van der Waals surface area contributed by atoms with E-state index in [0.29, 0.717) is 25.7 Å². The second kappa shape index (κ2) is 65.4. The molecular weight excluding hydrogens is 1250 g/mol. The molecule has 95 heavy (non-hydrogen) atoms. The molecule has 0 saturated carbocycles. The van der Waals surface area contributed by atoms with Crippen LogP contribution in [-0.2, 0) is 65.4 Å². The number of phosphoric ester groups is 2. The molecule has 0 amide bonds. The third kappa shape index (κ3) is 67.6. The number of hydrogen-bond donors (Lipinski definition) is 3. The molecule has 0 saturated heterocycles. The van der Waals surface area contributed by atoms with Crippen LogP contribution in [0.2, 0.25) is 0 Å². The quantitative estimate of drug-likeness (QED) is 0.0222. The van der Waals surface area contributed by atoms with Gasteiger partial charge in [0, 0.05) is 25.7 Å². The van der Waals surface area contributed by atoms with Crippen molar-refractivity contribution in [3.05, 3.63) is 0 Å². The summed E-state index contributed by atoms with van der Waals surface area (Å²) in [6.07, 6.45) is 49.9. The number of carbonyl (C=O) groups excluding carboxylic acids is 4. The maximum atomic E-state index is 13.1. The van der Waals surface area contributed by atoms with Crippen molar-refractivity contribution in [2.75, 3.05) is 39.6 Å². The van der Waals surface area contributed by atoms with E-state index in [1.807, 2.05) is 0 Å². The molecule has 0 rings (SSSR count). The van der Waals surface area contributed by atoms with E-state index < -0.39 is 97.5 Å². The molecule has 0 aromatic rings. The Labute approximate surface area is 581 Å².